The highest BCUT2D eigenvalue weighted by atomic mass is 35.5. The van der Waals surface area contributed by atoms with Crippen molar-refractivity contribution >= 4 is 53.9 Å². The molecule has 4 rings (SSSR count). The molecule has 1 fully saturated rings. The van der Waals surface area contributed by atoms with Crippen LogP contribution in [0.4, 0.5) is 33.5 Å². The highest BCUT2D eigenvalue weighted by Crippen LogP contribution is 2.29. The Morgan fingerprint density at radius 3 is 2.56 bits per heavy atom. The number of aryl methyl sites for hydroxylation is 4. The van der Waals surface area contributed by atoms with Gasteiger partial charge in [-0.1, -0.05) is 6.92 Å². The number of anilines is 5. The molecule has 3 N–H and O–H groups in total. The van der Waals surface area contributed by atoms with E-state index >= 15 is 0 Å². The number of hydrogen-bond acceptors (Lipinski definition) is 8. The van der Waals surface area contributed by atoms with Crippen LogP contribution in [-0.4, -0.2) is 50.4 Å². The fourth-order valence-electron chi connectivity index (χ4n) is 3.81. The van der Waals surface area contributed by atoms with Gasteiger partial charge in [-0.2, -0.15) is 10.1 Å². The van der Waals surface area contributed by atoms with Crippen LogP contribution in [0.15, 0.2) is 18.3 Å². The Morgan fingerprint density at radius 1 is 1.15 bits per heavy atom. The van der Waals surface area contributed by atoms with E-state index in [1.54, 1.807) is 13.0 Å². The first kappa shape index (κ1) is 27.6. The maximum atomic E-state index is 14.2. The monoisotopic (exact) mass is 511 g/mol. The molecule has 0 bridgehead atoms. The maximum absolute atomic E-state index is 14.2. The highest BCUT2D eigenvalue weighted by molar-refractivity contribution is 5.85. The molecule has 3 aromatic heterocycles. The van der Waals surface area contributed by atoms with Gasteiger partial charge in [0.05, 0.1) is 17.6 Å². The molecule has 9 nitrogen and oxygen atoms in total. The number of aromatic nitrogens is 5. The largest absolute Gasteiger partial charge is 0.364 e. The molecule has 186 valence electrons. The van der Waals surface area contributed by atoms with E-state index < -0.39 is 0 Å². The van der Waals surface area contributed by atoms with Gasteiger partial charge >= 0.3 is 0 Å². The second-order valence-corrected chi connectivity index (χ2v) is 8.19. The van der Waals surface area contributed by atoms with Gasteiger partial charge in [-0.05, 0) is 38.8 Å². The molecule has 0 unspecified atom stereocenters. The van der Waals surface area contributed by atoms with Crippen LogP contribution in [0.5, 0.6) is 0 Å². The van der Waals surface area contributed by atoms with E-state index in [0.717, 1.165) is 31.0 Å². The lowest BCUT2D eigenvalue weighted by Gasteiger charge is -2.34. The molecule has 4 heterocycles. The van der Waals surface area contributed by atoms with Crippen molar-refractivity contribution in [1.82, 2.24) is 30.0 Å². The van der Waals surface area contributed by atoms with Crippen molar-refractivity contribution in [3.8, 4) is 0 Å². The molecule has 0 aliphatic carbocycles. The molecular formula is C22H32Cl2FN9. The van der Waals surface area contributed by atoms with Crippen LogP contribution in [0, 0.1) is 19.7 Å². The molecule has 0 amide bonds. The molecule has 1 aliphatic heterocycles. The quantitative estimate of drug-likeness (QED) is 0.456. The van der Waals surface area contributed by atoms with Crippen molar-refractivity contribution in [2.75, 3.05) is 35.2 Å². The fourth-order valence-corrected chi connectivity index (χ4v) is 3.81. The lowest BCUT2D eigenvalue weighted by atomic mass is 10.1. The zero-order valence-corrected chi connectivity index (χ0v) is 21.6. The zero-order valence-electron chi connectivity index (χ0n) is 20.0. The van der Waals surface area contributed by atoms with Crippen molar-refractivity contribution in [3.05, 3.63) is 41.1 Å². The summed E-state index contributed by atoms with van der Waals surface area (Å²) in [6, 6.07) is 4.04. The van der Waals surface area contributed by atoms with Crippen molar-refractivity contribution in [1.29, 1.82) is 0 Å². The fraction of sp³-hybridized carbons (Fsp3) is 0.455. The van der Waals surface area contributed by atoms with Crippen LogP contribution in [0.25, 0.3) is 0 Å². The predicted molar refractivity (Wildman–Crippen MR) is 139 cm³/mol. The van der Waals surface area contributed by atoms with Crippen LogP contribution in [0.3, 0.4) is 0 Å². The number of piperazine rings is 1. The van der Waals surface area contributed by atoms with Gasteiger partial charge in [0, 0.05) is 44.5 Å². The molecule has 0 saturated carbocycles. The Bertz CT molecular complexity index is 1100. The average molecular weight is 512 g/mol. The summed E-state index contributed by atoms with van der Waals surface area (Å²) in [6.45, 7) is 10.3. The molecule has 12 heteroatoms. The zero-order chi connectivity index (χ0) is 22.8. The van der Waals surface area contributed by atoms with Gasteiger partial charge in [-0.15, -0.1) is 24.8 Å². The van der Waals surface area contributed by atoms with Gasteiger partial charge in [0.15, 0.2) is 11.6 Å². The van der Waals surface area contributed by atoms with E-state index in [4.69, 9.17) is 4.98 Å². The molecular weight excluding hydrogens is 480 g/mol. The van der Waals surface area contributed by atoms with Crippen molar-refractivity contribution in [3.63, 3.8) is 0 Å². The molecule has 0 spiro atoms. The van der Waals surface area contributed by atoms with Gasteiger partial charge < -0.3 is 20.9 Å². The van der Waals surface area contributed by atoms with E-state index in [1.807, 2.05) is 37.8 Å². The van der Waals surface area contributed by atoms with Crippen LogP contribution >= 0.6 is 24.8 Å². The molecule has 0 radical (unpaired) electrons. The summed E-state index contributed by atoms with van der Waals surface area (Å²) in [5, 5.41) is 14.4. The summed E-state index contributed by atoms with van der Waals surface area (Å²) < 4.78 is 16.0. The van der Waals surface area contributed by atoms with Gasteiger partial charge in [0.1, 0.15) is 11.6 Å². The Kier molecular flexibility index (Phi) is 9.43. The molecule has 3 aromatic rings. The van der Waals surface area contributed by atoms with E-state index in [1.165, 1.54) is 0 Å². The Hall–Kier alpha value is -2.69. The normalized spacial score (nSPS) is 15.4. The maximum Gasteiger partial charge on any atom is 0.230 e. The molecule has 1 saturated heterocycles. The Morgan fingerprint density at radius 2 is 1.91 bits per heavy atom. The minimum atomic E-state index is -0.268. The van der Waals surface area contributed by atoms with Crippen molar-refractivity contribution < 1.29 is 4.39 Å². The van der Waals surface area contributed by atoms with Crippen molar-refractivity contribution in [2.45, 2.75) is 40.2 Å². The average Bonchev–Trinajstić information content (AvgIpc) is 3.07. The summed E-state index contributed by atoms with van der Waals surface area (Å²) in [5.41, 5.74) is 2.90. The van der Waals surface area contributed by atoms with E-state index in [2.05, 4.69) is 42.8 Å². The first-order chi connectivity index (χ1) is 15.3. The van der Waals surface area contributed by atoms with Crippen LogP contribution in [0.2, 0.25) is 0 Å². The number of nitrogens with one attached hydrogen (secondary N) is 3. The van der Waals surface area contributed by atoms with Crippen molar-refractivity contribution in [2.24, 2.45) is 7.05 Å². The number of nitrogens with zero attached hydrogens (tertiary/aromatic N) is 6. The minimum absolute atomic E-state index is 0. The third-order valence-electron chi connectivity index (χ3n) is 5.66. The molecule has 1 atom stereocenters. The SMILES string of the molecule is CCc1cc(Nc2ncc(N3CCN[C@H](C)C3)c(Nc3cc(C)n(C)n3)n2)nc(C)c1F.Cl.Cl. The minimum Gasteiger partial charge on any atom is -0.364 e. The highest BCUT2D eigenvalue weighted by Gasteiger charge is 2.21. The topological polar surface area (TPSA) is 95.8 Å². The number of pyridine rings is 1. The van der Waals surface area contributed by atoms with E-state index in [-0.39, 0.29) is 30.6 Å². The number of rotatable bonds is 6. The van der Waals surface area contributed by atoms with Crippen LogP contribution in [0.1, 0.15) is 30.8 Å². The molecule has 0 aromatic carbocycles. The first-order valence-electron chi connectivity index (χ1n) is 10.9. The Balaban J connectivity index is 0.00000204. The molecule has 1 aliphatic rings. The first-order valence-corrected chi connectivity index (χ1v) is 10.9. The summed E-state index contributed by atoms with van der Waals surface area (Å²) in [7, 11) is 1.90. The Labute approximate surface area is 211 Å². The predicted octanol–water partition coefficient (Wildman–Crippen LogP) is 4.05. The second kappa shape index (κ2) is 11.6. The third kappa shape index (κ3) is 6.05. The van der Waals surface area contributed by atoms with Gasteiger partial charge in [0.2, 0.25) is 5.95 Å². The number of halogens is 3. The van der Waals surface area contributed by atoms with Gasteiger partial charge in [0.25, 0.3) is 0 Å². The summed E-state index contributed by atoms with van der Waals surface area (Å²) in [5.74, 6) is 2.00. The van der Waals surface area contributed by atoms with Gasteiger partial charge in [-0.3, -0.25) is 4.68 Å². The lowest BCUT2D eigenvalue weighted by molar-refractivity contribution is 0.484. The summed E-state index contributed by atoms with van der Waals surface area (Å²) in [6.07, 6.45) is 2.39. The smallest absolute Gasteiger partial charge is 0.230 e. The second-order valence-electron chi connectivity index (χ2n) is 8.19. The van der Waals surface area contributed by atoms with Crippen LogP contribution < -0.4 is 20.9 Å². The lowest BCUT2D eigenvalue weighted by Crippen LogP contribution is -2.49. The summed E-state index contributed by atoms with van der Waals surface area (Å²) >= 11 is 0. The third-order valence-corrected chi connectivity index (χ3v) is 5.66. The van der Waals surface area contributed by atoms with E-state index in [0.29, 0.717) is 47.1 Å². The van der Waals surface area contributed by atoms with Crippen LogP contribution in [-0.2, 0) is 13.5 Å². The summed E-state index contributed by atoms with van der Waals surface area (Å²) in [4.78, 5) is 15.8. The molecule has 34 heavy (non-hydrogen) atoms. The standard InChI is InChI=1S/C22H30FN9.2ClH/c1-6-16-10-18(26-15(4)20(16)23)28-22-25-11-17(32-8-7-24-13(2)12-32)21(29-22)27-19-9-14(3)31(5)30-19;;/h9-11,13,24H,6-8,12H2,1-5H3,(H2,25,26,27,28,29,30);2*1H/t13-;;/m1../s1. The van der Waals surface area contributed by atoms with E-state index in [9.17, 15) is 4.39 Å². The number of hydrogen-bond donors (Lipinski definition) is 3. The van der Waals surface area contributed by atoms with Gasteiger partial charge in [-0.25, -0.2) is 14.4 Å².